The Labute approximate surface area is 133 Å². The molecule has 2 fully saturated rings. The first-order valence-corrected chi connectivity index (χ1v) is 9.36. The lowest BCUT2D eigenvalue weighted by atomic mass is 9.83. The van der Waals surface area contributed by atoms with E-state index in [9.17, 15) is 0 Å². The van der Waals surface area contributed by atoms with E-state index < -0.39 is 0 Å². The minimum atomic E-state index is 0.109. The average Bonchev–Trinajstić information content (AvgIpc) is 3.06. The topological polar surface area (TPSA) is 28.2 Å². The van der Waals surface area contributed by atoms with Crippen LogP contribution in [0.3, 0.4) is 0 Å². The lowest BCUT2D eigenvalue weighted by molar-refractivity contribution is 0.0985. The zero-order chi connectivity index (χ0) is 15.0. The molecule has 1 aromatic rings. The van der Waals surface area contributed by atoms with E-state index in [0.717, 1.165) is 6.04 Å². The molecule has 4 heteroatoms. The highest BCUT2D eigenvalue weighted by Crippen LogP contribution is 2.41. The van der Waals surface area contributed by atoms with Crippen molar-refractivity contribution < 1.29 is 0 Å². The maximum absolute atomic E-state index is 5.01. The molecule has 0 bridgehead atoms. The fourth-order valence-electron chi connectivity index (χ4n) is 3.97. The first kappa shape index (κ1) is 15.4. The number of nitrogens with one attached hydrogen (secondary N) is 1. The van der Waals surface area contributed by atoms with Crippen LogP contribution in [0.15, 0.2) is 5.38 Å². The molecular formula is C17H29N3S. The number of hydrogen-bond acceptors (Lipinski definition) is 4. The van der Waals surface area contributed by atoms with E-state index in [1.807, 2.05) is 11.3 Å². The summed E-state index contributed by atoms with van der Waals surface area (Å²) < 4.78 is 0. The molecule has 0 aliphatic carbocycles. The van der Waals surface area contributed by atoms with Gasteiger partial charge in [0, 0.05) is 24.0 Å². The van der Waals surface area contributed by atoms with Crippen molar-refractivity contribution in [2.75, 3.05) is 13.1 Å². The molecule has 3 rings (SSSR count). The quantitative estimate of drug-likeness (QED) is 0.919. The van der Waals surface area contributed by atoms with Gasteiger partial charge in [0.15, 0.2) is 0 Å². The van der Waals surface area contributed by atoms with Crippen LogP contribution in [-0.4, -0.2) is 35.1 Å². The van der Waals surface area contributed by atoms with Crippen molar-refractivity contribution in [3.8, 4) is 0 Å². The molecule has 0 spiro atoms. The molecule has 2 atom stereocenters. The highest BCUT2D eigenvalue weighted by molar-refractivity contribution is 7.09. The number of piperidine rings is 1. The zero-order valence-corrected chi connectivity index (χ0v) is 14.7. The number of thiazole rings is 1. The number of hydrogen-bond donors (Lipinski definition) is 1. The summed E-state index contributed by atoms with van der Waals surface area (Å²) in [6.07, 6.45) is 5.17. The minimum Gasteiger partial charge on any atom is -0.303 e. The fraction of sp³-hybridized carbons (Fsp3) is 0.824. The van der Waals surface area contributed by atoms with Gasteiger partial charge in [0.25, 0.3) is 0 Å². The van der Waals surface area contributed by atoms with Gasteiger partial charge in [-0.2, -0.15) is 0 Å². The molecule has 0 radical (unpaired) electrons. The summed E-state index contributed by atoms with van der Waals surface area (Å²) in [6, 6.07) is 1.26. The van der Waals surface area contributed by atoms with Gasteiger partial charge >= 0.3 is 0 Å². The van der Waals surface area contributed by atoms with E-state index in [2.05, 4.69) is 43.3 Å². The molecule has 0 saturated carbocycles. The molecule has 2 saturated heterocycles. The van der Waals surface area contributed by atoms with Crippen molar-refractivity contribution in [2.24, 2.45) is 0 Å². The van der Waals surface area contributed by atoms with Crippen LogP contribution in [0.25, 0.3) is 0 Å². The van der Waals surface area contributed by atoms with Crippen molar-refractivity contribution >= 4 is 11.3 Å². The largest absolute Gasteiger partial charge is 0.303 e. The maximum atomic E-state index is 5.01. The Bertz CT molecular complexity index is 482. The molecule has 21 heavy (non-hydrogen) atoms. The van der Waals surface area contributed by atoms with Crippen molar-refractivity contribution in [3.05, 3.63) is 16.1 Å². The second kappa shape index (κ2) is 5.98. The lowest BCUT2D eigenvalue weighted by Crippen LogP contribution is -2.55. The second-order valence-electron chi connectivity index (χ2n) is 7.40. The molecule has 1 aromatic heterocycles. The van der Waals surface area contributed by atoms with Gasteiger partial charge in [-0.1, -0.05) is 13.8 Å². The van der Waals surface area contributed by atoms with Crippen molar-refractivity contribution in [3.63, 3.8) is 0 Å². The summed E-state index contributed by atoms with van der Waals surface area (Å²) in [5, 5.41) is 7.49. The summed E-state index contributed by atoms with van der Waals surface area (Å²) in [5.74, 6) is 0.526. The van der Waals surface area contributed by atoms with Crippen LogP contribution in [0.5, 0.6) is 0 Å². The van der Waals surface area contributed by atoms with Crippen molar-refractivity contribution in [1.82, 2.24) is 15.2 Å². The molecule has 118 valence electrons. The fourth-order valence-corrected chi connectivity index (χ4v) is 5.16. The summed E-state index contributed by atoms with van der Waals surface area (Å²) in [5.41, 5.74) is 1.37. The monoisotopic (exact) mass is 307 g/mol. The van der Waals surface area contributed by atoms with Gasteiger partial charge < -0.3 is 10.2 Å². The first-order chi connectivity index (χ1) is 10.00. The standard InChI is InChI=1S/C17H29N3S/c1-12(2)15-11-21-16(18-15)17(19-13(3)4)7-9-20-8-5-6-14(20)10-17/h11-14,19H,5-10H2,1-4H3. The van der Waals surface area contributed by atoms with Crippen LogP contribution in [0.1, 0.15) is 70.0 Å². The minimum absolute atomic E-state index is 0.109. The molecule has 1 N–H and O–H groups in total. The smallest absolute Gasteiger partial charge is 0.113 e. The number of aromatic nitrogens is 1. The molecular weight excluding hydrogens is 278 g/mol. The SMILES string of the molecule is CC(C)NC1(c2nc(C(C)C)cs2)CCN2CCCC2C1. The van der Waals surface area contributed by atoms with E-state index in [1.54, 1.807) is 0 Å². The summed E-state index contributed by atoms with van der Waals surface area (Å²) in [6.45, 7) is 11.5. The van der Waals surface area contributed by atoms with Gasteiger partial charge in [-0.15, -0.1) is 11.3 Å². The summed E-state index contributed by atoms with van der Waals surface area (Å²) in [4.78, 5) is 7.70. The number of nitrogens with zero attached hydrogens (tertiary/aromatic N) is 2. The predicted molar refractivity (Wildman–Crippen MR) is 90.0 cm³/mol. The molecule has 3 nitrogen and oxygen atoms in total. The average molecular weight is 308 g/mol. The molecule has 0 aromatic carbocycles. The van der Waals surface area contributed by atoms with Crippen LogP contribution in [0.4, 0.5) is 0 Å². The Morgan fingerprint density at radius 3 is 2.81 bits per heavy atom. The molecule has 3 heterocycles. The Morgan fingerprint density at radius 1 is 1.33 bits per heavy atom. The lowest BCUT2D eigenvalue weighted by Gasteiger charge is -2.44. The van der Waals surface area contributed by atoms with Crippen molar-refractivity contribution in [1.29, 1.82) is 0 Å². The highest BCUT2D eigenvalue weighted by Gasteiger charge is 2.44. The third kappa shape index (κ3) is 3.03. The van der Waals surface area contributed by atoms with Crippen LogP contribution < -0.4 is 5.32 Å². The maximum Gasteiger partial charge on any atom is 0.113 e. The van der Waals surface area contributed by atoms with Crippen LogP contribution in [-0.2, 0) is 5.54 Å². The van der Waals surface area contributed by atoms with Gasteiger partial charge in [-0.3, -0.25) is 0 Å². The van der Waals surface area contributed by atoms with E-state index >= 15 is 0 Å². The zero-order valence-electron chi connectivity index (χ0n) is 13.9. The predicted octanol–water partition coefficient (Wildman–Crippen LogP) is 3.72. The van der Waals surface area contributed by atoms with Gasteiger partial charge in [0.2, 0.25) is 0 Å². The van der Waals surface area contributed by atoms with Gasteiger partial charge in [0.05, 0.1) is 11.2 Å². The van der Waals surface area contributed by atoms with Gasteiger partial charge in [-0.05, 0) is 52.0 Å². The second-order valence-corrected chi connectivity index (χ2v) is 8.26. The Morgan fingerprint density at radius 2 is 2.14 bits per heavy atom. The van der Waals surface area contributed by atoms with Crippen LogP contribution in [0, 0.1) is 0 Å². The van der Waals surface area contributed by atoms with Gasteiger partial charge in [-0.25, -0.2) is 4.98 Å². The third-order valence-corrected chi connectivity index (χ3v) is 6.06. The van der Waals surface area contributed by atoms with E-state index in [1.165, 1.54) is 49.5 Å². The Kier molecular flexibility index (Phi) is 4.40. The number of fused-ring (bicyclic) bond motifs is 1. The van der Waals surface area contributed by atoms with Crippen molar-refractivity contribution in [2.45, 2.75) is 76.9 Å². The Balaban J connectivity index is 1.89. The van der Waals surface area contributed by atoms with Crippen LogP contribution in [0.2, 0.25) is 0 Å². The molecule has 0 amide bonds. The van der Waals surface area contributed by atoms with E-state index in [0.29, 0.717) is 12.0 Å². The van der Waals surface area contributed by atoms with E-state index in [4.69, 9.17) is 4.98 Å². The molecule has 2 aliphatic rings. The highest BCUT2D eigenvalue weighted by atomic mass is 32.1. The van der Waals surface area contributed by atoms with E-state index in [-0.39, 0.29) is 5.54 Å². The summed E-state index contributed by atoms with van der Waals surface area (Å²) >= 11 is 1.87. The normalized spacial score (nSPS) is 30.3. The van der Waals surface area contributed by atoms with Gasteiger partial charge in [0.1, 0.15) is 5.01 Å². The third-order valence-electron chi connectivity index (χ3n) is 5.00. The summed E-state index contributed by atoms with van der Waals surface area (Å²) in [7, 11) is 0. The molecule has 2 unspecified atom stereocenters. The first-order valence-electron chi connectivity index (χ1n) is 8.48. The number of rotatable bonds is 4. The van der Waals surface area contributed by atoms with Crippen LogP contribution >= 0.6 is 11.3 Å². The Hall–Kier alpha value is -0.450. The molecule has 2 aliphatic heterocycles.